The molecular formula is C21H24BrFN2O4S. The Kier molecular flexibility index (Phi) is 6.62. The lowest BCUT2D eigenvalue weighted by Crippen LogP contribution is -2.45. The maximum absolute atomic E-state index is 13.8. The van der Waals surface area contributed by atoms with E-state index in [1.165, 1.54) is 18.2 Å². The molecule has 9 heteroatoms. The first-order valence-corrected chi connectivity index (χ1v) is 12.2. The first-order valence-electron chi connectivity index (χ1n) is 9.96. The molecule has 0 aliphatic carbocycles. The van der Waals surface area contributed by atoms with Crippen LogP contribution in [0.15, 0.2) is 51.8 Å². The van der Waals surface area contributed by atoms with E-state index in [1.54, 1.807) is 0 Å². The molecule has 1 atom stereocenters. The topological polar surface area (TPSA) is 67.9 Å². The maximum Gasteiger partial charge on any atom is 0.243 e. The zero-order valence-electron chi connectivity index (χ0n) is 16.4. The SMILES string of the molecule is O=S(=O)(NCC1CCN(CC2COc3ccc(Br)cc3O2)CC1)c1ccccc1F. The normalized spacial score (nSPS) is 20.3. The lowest BCUT2D eigenvalue weighted by Gasteiger charge is -2.35. The van der Waals surface area contributed by atoms with Gasteiger partial charge in [-0.05, 0) is 62.2 Å². The van der Waals surface area contributed by atoms with Gasteiger partial charge in [-0.2, -0.15) is 0 Å². The summed E-state index contributed by atoms with van der Waals surface area (Å²) >= 11 is 3.45. The Morgan fingerprint density at radius 3 is 2.67 bits per heavy atom. The van der Waals surface area contributed by atoms with Crippen molar-refractivity contribution in [2.45, 2.75) is 23.8 Å². The van der Waals surface area contributed by atoms with Crippen LogP contribution in [0, 0.1) is 11.7 Å². The number of benzene rings is 2. The number of halogens is 2. The van der Waals surface area contributed by atoms with Gasteiger partial charge in [0.15, 0.2) is 11.5 Å². The average Bonchev–Trinajstić information content (AvgIpc) is 2.73. The molecule has 0 radical (unpaired) electrons. The number of sulfonamides is 1. The van der Waals surface area contributed by atoms with Crippen LogP contribution in [0.1, 0.15) is 12.8 Å². The van der Waals surface area contributed by atoms with Crippen molar-refractivity contribution in [3.8, 4) is 11.5 Å². The Bertz CT molecular complexity index is 996. The highest BCUT2D eigenvalue weighted by molar-refractivity contribution is 9.10. The van der Waals surface area contributed by atoms with Gasteiger partial charge in [0, 0.05) is 17.6 Å². The number of nitrogens with one attached hydrogen (secondary N) is 1. The maximum atomic E-state index is 13.8. The van der Waals surface area contributed by atoms with Gasteiger partial charge in [-0.15, -0.1) is 0 Å². The first kappa shape index (κ1) is 21.5. The van der Waals surface area contributed by atoms with Crippen molar-refractivity contribution >= 4 is 26.0 Å². The first-order chi connectivity index (χ1) is 14.4. The summed E-state index contributed by atoms with van der Waals surface area (Å²) in [5.41, 5.74) is 0. The predicted molar refractivity (Wildman–Crippen MR) is 115 cm³/mol. The van der Waals surface area contributed by atoms with Crippen molar-refractivity contribution in [2.24, 2.45) is 5.92 Å². The van der Waals surface area contributed by atoms with Gasteiger partial charge >= 0.3 is 0 Å². The highest BCUT2D eigenvalue weighted by Gasteiger charge is 2.27. The highest BCUT2D eigenvalue weighted by atomic mass is 79.9. The van der Waals surface area contributed by atoms with E-state index >= 15 is 0 Å². The molecule has 2 aromatic rings. The number of ether oxygens (including phenoxy) is 2. The van der Waals surface area contributed by atoms with E-state index in [-0.39, 0.29) is 16.9 Å². The van der Waals surface area contributed by atoms with Crippen LogP contribution >= 0.6 is 15.9 Å². The third kappa shape index (κ3) is 5.14. The monoisotopic (exact) mass is 498 g/mol. The lowest BCUT2D eigenvalue weighted by atomic mass is 9.97. The summed E-state index contributed by atoms with van der Waals surface area (Å²) in [6, 6.07) is 11.2. The minimum atomic E-state index is -3.84. The molecule has 1 N–H and O–H groups in total. The third-order valence-corrected chi connectivity index (χ3v) is 7.43. The number of rotatable bonds is 6. The van der Waals surface area contributed by atoms with Gasteiger partial charge in [-0.1, -0.05) is 28.1 Å². The van der Waals surface area contributed by atoms with Gasteiger partial charge in [0.05, 0.1) is 0 Å². The zero-order chi connectivity index (χ0) is 21.1. The number of hydrogen-bond acceptors (Lipinski definition) is 5. The summed E-state index contributed by atoms with van der Waals surface area (Å²) in [4.78, 5) is 2.02. The van der Waals surface area contributed by atoms with E-state index < -0.39 is 15.8 Å². The van der Waals surface area contributed by atoms with Crippen LogP contribution in [-0.4, -0.2) is 52.2 Å². The third-order valence-electron chi connectivity index (χ3n) is 5.48. The van der Waals surface area contributed by atoms with Crippen LogP contribution in [0.25, 0.3) is 0 Å². The minimum absolute atomic E-state index is 0.0390. The van der Waals surface area contributed by atoms with Crippen molar-refractivity contribution in [1.29, 1.82) is 0 Å². The second-order valence-electron chi connectivity index (χ2n) is 7.67. The molecule has 6 nitrogen and oxygen atoms in total. The van der Waals surface area contributed by atoms with Gasteiger partial charge in [0.25, 0.3) is 0 Å². The molecule has 0 bridgehead atoms. The number of likely N-dealkylation sites (tertiary alicyclic amines) is 1. The molecule has 30 heavy (non-hydrogen) atoms. The summed E-state index contributed by atoms with van der Waals surface area (Å²) < 4.78 is 53.9. The van der Waals surface area contributed by atoms with E-state index in [0.29, 0.717) is 13.2 Å². The molecule has 0 spiro atoms. The summed E-state index contributed by atoms with van der Waals surface area (Å²) in [7, 11) is -3.84. The number of fused-ring (bicyclic) bond motifs is 1. The molecule has 1 fully saturated rings. The van der Waals surface area contributed by atoms with E-state index in [4.69, 9.17) is 9.47 Å². The zero-order valence-corrected chi connectivity index (χ0v) is 18.8. The van der Waals surface area contributed by atoms with Crippen molar-refractivity contribution < 1.29 is 22.3 Å². The predicted octanol–water partition coefficient (Wildman–Crippen LogP) is 3.42. The molecule has 2 aliphatic heterocycles. The smallest absolute Gasteiger partial charge is 0.243 e. The summed E-state index contributed by atoms with van der Waals surface area (Å²) in [6.45, 7) is 3.31. The van der Waals surface area contributed by atoms with Gasteiger partial charge in [-0.25, -0.2) is 17.5 Å². The van der Waals surface area contributed by atoms with Crippen molar-refractivity contribution in [3.05, 3.63) is 52.8 Å². The molecule has 4 rings (SSSR count). The summed E-state index contributed by atoms with van der Waals surface area (Å²) in [5, 5.41) is 0. The average molecular weight is 499 g/mol. The fourth-order valence-electron chi connectivity index (χ4n) is 3.81. The second kappa shape index (κ2) is 9.21. The molecule has 0 saturated carbocycles. The molecule has 162 valence electrons. The van der Waals surface area contributed by atoms with E-state index in [9.17, 15) is 12.8 Å². The van der Waals surface area contributed by atoms with Crippen molar-refractivity contribution in [1.82, 2.24) is 9.62 Å². The standard InChI is InChI=1S/C21H24BrFN2O4S/c22-16-5-6-19-20(11-16)29-17(14-28-19)13-25-9-7-15(8-10-25)12-24-30(26,27)21-4-2-1-3-18(21)23/h1-6,11,15,17,24H,7-10,12-14H2. The van der Waals surface area contributed by atoms with Crippen LogP contribution in [0.2, 0.25) is 0 Å². The molecule has 1 unspecified atom stereocenters. The second-order valence-corrected chi connectivity index (χ2v) is 10.3. The Hall–Kier alpha value is -1.68. The quantitative estimate of drug-likeness (QED) is 0.660. The number of piperidine rings is 1. The summed E-state index contributed by atoms with van der Waals surface area (Å²) in [6.07, 6.45) is 1.70. The van der Waals surface area contributed by atoms with Gasteiger partial charge in [0.1, 0.15) is 23.4 Å². The molecular weight excluding hydrogens is 475 g/mol. The van der Waals surface area contributed by atoms with Crippen LogP contribution in [0.3, 0.4) is 0 Å². The highest BCUT2D eigenvalue weighted by Crippen LogP contribution is 2.34. The molecule has 2 aliphatic rings. The van der Waals surface area contributed by atoms with Crippen LogP contribution in [-0.2, 0) is 10.0 Å². The number of hydrogen-bond donors (Lipinski definition) is 1. The van der Waals surface area contributed by atoms with E-state index in [0.717, 1.165) is 54.5 Å². The molecule has 2 heterocycles. The minimum Gasteiger partial charge on any atom is -0.486 e. The molecule has 2 aromatic carbocycles. The van der Waals surface area contributed by atoms with Gasteiger partial charge < -0.3 is 9.47 Å². The van der Waals surface area contributed by atoms with Crippen LogP contribution in [0.4, 0.5) is 4.39 Å². The van der Waals surface area contributed by atoms with Crippen LogP contribution in [0.5, 0.6) is 11.5 Å². The largest absolute Gasteiger partial charge is 0.486 e. The Morgan fingerprint density at radius 1 is 1.13 bits per heavy atom. The van der Waals surface area contributed by atoms with Crippen molar-refractivity contribution in [3.63, 3.8) is 0 Å². The Balaban J connectivity index is 1.24. The van der Waals surface area contributed by atoms with Crippen LogP contribution < -0.4 is 14.2 Å². The summed E-state index contributed by atoms with van der Waals surface area (Å²) in [5.74, 6) is 1.000. The Morgan fingerprint density at radius 2 is 1.90 bits per heavy atom. The lowest BCUT2D eigenvalue weighted by molar-refractivity contribution is 0.0480. The Labute approximate surface area is 184 Å². The van der Waals surface area contributed by atoms with E-state index in [2.05, 4.69) is 25.6 Å². The van der Waals surface area contributed by atoms with Gasteiger partial charge in [-0.3, -0.25) is 4.90 Å². The molecule has 0 amide bonds. The van der Waals surface area contributed by atoms with E-state index in [1.807, 2.05) is 18.2 Å². The number of nitrogens with zero attached hydrogens (tertiary/aromatic N) is 1. The fraction of sp³-hybridized carbons (Fsp3) is 0.429. The molecule has 0 aromatic heterocycles. The van der Waals surface area contributed by atoms with Gasteiger partial charge in [0.2, 0.25) is 10.0 Å². The fourth-order valence-corrected chi connectivity index (χ4v) is 5.34. The molecule has 1 saturated heterocycles. The van der Waals surface area contributed by atoms with Crippen molar-refractivity contribution in [2.75, 3.05) is 32.8 Å².